The number of fused-ring (bicyclic) bond motifs is 1. The van der Waals surface area contributed by atoms with Gasteiger partial charge in [0.2, 0.25) is 5.91 Å². The molecule has 0 radical (unpaired) electrons. The van der Waals surface area contributed by atoms with Crippen molar-refractivity contribution < 1.29 is 14.0 Å². The number of hydrogen-bond acceptors (Lipinski definition) is 4. The van der Waals surface area contributed by atoms with Crippen LogP contribution in [0.4, 0.5) is 21.6 Å². The zero-order valence-electron chi connectivity index (χ0n) is 17.5. The molecule has 2 aromatic heterocycles. The number of aromatic nitrogens is 2. The van der Waals surface area contributed by atoms with Crippen LogP contribution in [0.5, 0.6) is 0 Å². The summed E-state index contributed by atoms with van der Waals surface area (Å²) in [6, 6.07) is 13.4. The van der Waals surface area contributed by atoms with Gasteiger partial charge in [0, 0.05) is 29.6 Å². The molecule has 3 aliphatic carbocycles. The Labute approximate surface area is 184 Å². The number of ketones is 1. The van der Waals surface area contributed by atoms with Gasteiger partial charge in [0.15, 0.2) is 5.78 Å². The normalized spacial score (nSPS) is 22.3. The van der Waals surface area contributed by atoms with E-state index in [2.05, 4.69) is 20.6 Å². The standard InChI is InChI=1S/C25H23FN4O2/c26-17-11-16(17)24(32)30-20-10-14(6-9-27-20)22-23(28-15-4-2-1-3-5-15)21-18(29-22)12-25(7-8-25)13-19(21)31/h1-6,9-10,16-17,28-29H,7-8,11-13H2,(H,27,30,32). The first kappa shape index (κ1) is 19.2. The third-order valence-electron chi connectivity index (χ3n) is 6.79. The van der Waals surface area contributed by atoms with Crippen LogP contribution in [-0.4, -0.2) is 27.8 Å². The van der Waals surface area contributed by atoms with Crippen molar-refractivity contribution in [2.24, 2.45) is 11.3 Å². The number of benzene rings is 1. The first-order chi connectivity index (χ1) is 15.5. The maximum Gasteiger partial charge on any atom is 0.231 e. The van der Waals surface area contributed by atoms with Gasteiger partial charge in [0.1, 0.15) is 12.0 Å². The lowest BCUT2D eigenvalue weighted by atomic mass is 9.83. The van der Waals surface area contributed by atoms with Crippen molar-refractivity contribution in [3.63, 3.8) is 0 Å². The molecule has 0 saturated heterocycles. The molecule has 1 spiro atoms. The fraction of sp³-hybridized carbons (Fsp3) is 0.320. The van der Waals surface area contributed by atoms with Crippen molar-refractivity contribution in [1.82, 2.24) is 9.97 Å². The smallest absolute Gasteiger partial charge is 0.231 e. The predicted molar refractivity (Wildman–Crippen MR) is 120 cm³/mol. The summed E-state index contributed by atoms with van der Waals surface area (Å²) in [7, 11) is 0. The van der Waals surface area contributed by atoms with Gasteiger partial charge in [0.25, 0.3) is 0 Å². The van der Waals surface area contributed by atoms with Crippen LogP contribution in [0.1, 0.15) is 41.7 Å². The fourth-order valence-electron chi connectivity index (χ4n) is 4.70. The third kappa shape index (κ3) is 3.38. The number of rotatable bonds is 5. The van der Waals surface area contributed by atoms with Crippen LogP contribution in [0, 0.1) is 11.3 Å². The van der Waals surface area contributed by atoms with Gasteiger partial charge in [-0.2, -0.15) is 0 Å². The van der Waals surface area contributed by atoms with E-state index in [9.17, 15) is 14.0 Å². The topological polar surface area (TPSA) is 86.9 Å². The molecule has 2 fully saturated rings. The van der Waals surface area contributed by atoms with Crippen LogP contribution in [0.2, 0.25) is 0 Å². The lowest BCUT2D eigenvalue weighted by Crippen LogP contribution is -2.21. The molecular formula is C25H23FN4O2. The van der Waals surface area contributed by atoms with E-state index < -0.39 is 12.1 Å². The molecule has 3 N–H and O–H groups in total. The number of H-pyrrole nitrogens is 1. The summed E-state index contributed by atoms with van der Waals surface area (Å²) < 4.78 is 13.2. The predicted octanol–water partition coefficient (Wildman–Crippen LogP) is 5.03. The molecule has 6 rings (SSSR count). The first-order valence-electron chi connectivity index (χ1n) is 11.0. The van der Waals surface area contributed by atoms with E-state index in [0.29, 0.717) is 12.2 Å². The van der Waals surface area contributed by atoms with Crippen molar-refractivity contribution in [3.8, 4) is 11.3 Å². The summed E-state index contributed by atoms with van der Waals surface area (Å²) in [6.45, 7) is 0. The Morgan fingerprint density at radius 2 is 1.94 bits per heavy atom. The minimum absolute atomic E-state index is 0.126. The van der Waals surface area contributed by atoms with E-state index >= 15 is 0 Å². The summed E-state index contributed by atoms with van der Waals surface area (Å²) in [5.41, 5.74) is 5.04. The van der Waals surface area contributed by atoms with Crippen LogP contribution in [0.25, 0.3) is 11.3 Å². The Balaban J connectivity index is 1.40. The van der Waals surface area contributed by atoms with Crippen LogP contribution in [0.3, 0.4) is 0 Å². The highest BCUT2D eigenvalue weighted by molar-refractivity contribution is 6.08. The quantitative estimate of drug-likeness (QED) is 0.530. The highest BCUT2D eigenvalue weighted by Gasteiger charge is 2.49. The number of alkyl halides is 1. The number of hydrogen-bond donors (Lipinski definition) is 3. The average molecular weight is 430 g/mol. The Kier molecular flexibility index (Phi) is 4.22. The molecule has 1 amide bonds. The van der Waals surface area contributed by atoms with E-state index in [0.717, 1.165) is 53.2 Å². The summed E-state index contributed by atoms with van der Waals surface area (Å²) in [6.07, 6.45) is 4.46. The summed E-state index contributed by atoms with van der Waals surface area (Å²) >= 11 is 0. The molecule has 3 aliphatic rings. The molecular weight excluding hydrogens is 407 g/mol. The van der Waals surface area contributed by atoms with Gasteiger partial charge in [-0.25, -0.2) is 9.37 Å². The summed E-state index contributed by atoms with van der Waals surface area (Å²) in [5, 5.41) is 6.16. The van der Waals surface area contributed by atoms with Crippen molar-refractivity contribution in [3.05, 3.63) is 59.9 Å². The number of nitrogens with one attached hydrogen (secondary N) is 3. The average Bonchev–Trinajstić information content (AvgIpc) is 3.67. The Morgan fingerprint density at radius 1 is 1.16 bits per heavy atom. The fourth-order valence-corrected chi connectivity index (χ4v) is 4.70. The van der Waals surface area contributed by atoms with E-state index in [4.69, 9.17) is 0 Å². The van der Waals surface area contributed by atoms with Gasteiger partial charge in [-0.15, -0.1) is 0 Å². The summed E-state index contributed by atoms with van der Waals surface area (Å²) in [4.78, 5) is 33.1. The van der Waals surface area contributed by atoms with E-state index in [1.807, 2.05) is 36.4 Å². The largest absolute Gasteiger partial charge is 0.356 e. The van der Waals surface area contributed by atoms with Crippen molar-refractivity contribution in [1.29, 1.82) is 0 Å². The molecule has 7 heteroatoms. The SMILES string of the molecule is O=C1CC2(CC2)Cc2[nH]c(-c3ccnc(NC(=O)C4CC4F)c3)c(Nc3ccccc3)c21. The molecule has 162 valence electrons. The molecule has 6 nitrogen and oxygen atoms in total. The molecule has 0 bridgehead atoms. The Morgan fingerprint density at radius 3 is 2.66 bits per heavy atom. The molecule has 1 aromatic carbocycles. The van der Waals surface area contributed by atoms with Crippen LogP contribution in [0.15, 0.2) is 48.7 Å². The van der Waals surface area contributed by atoms with Crippen molar-refractivity contribution >= 4 is 28.9 Å². The number of halogens is 1. The number of anilines is 3. The number of carbonyl (C=O) groups is 2. The highest BCUT2D eigenvalue weighted by atomic mass is 19.1. The van der Waals surface area contributed by atoms with Crippen LogP contribution < -0.4 is 10.6 Å². The molecule has 2 atom stereocenters. The highest BCUT2D eigenvalue weighted by Crippen LogP contribution is 2.56. The maximum atomic E-state index is 13.2. The second-order valence-corrected chi connectivity index (χ2v) is 9.27. The van der Waals surface area contributed by atoms with Gasteiger partial charge in [-0.1, -0.05) is 18.2 Å². The Bertz CT molecular complexity index is 1230. The number of pyridine rings is 1. The molecule has 32 heavy (non-hydrogen) atoms. The zero-order valence-corrected chi connectivity index (χ0v) is 17.5. The molecule has 0 aliphatic heterocycles. The number of amides is 1. The maximum absolute atomic E-state index is 13.2. The van der Waals surface area contributed by atoms with E-state index in [1.54, 1.807) is 12.3 Å². The van der Waals surface area contributed by atoms with Crippen LogP contribution in [-0.2, 0) is 11.2 Å². The molecule has 3 aromatic rings. The Hall–Kier alpha value is -3.48. The van der Waals surface area contributed by atoms with Crippen molar-refractivity contribution in [2.45, 2.75) is 38.3 Å². The van der Waals surface area contributed by atoms with Gasteiger partial charge < -0.3 is 15.6 Å². The van der Waals surface area contributed by atoms with Gasteiger partial charge >= 0.3 is 0 Å². The lowest BCUT2D eigenvalue weighted by Gasteiger charge is -2.21. The molecule has 2 unspecified atom stereocenters. The minimum atomic E-state index is -1.06. The number of Topliss-reactive ketones (excluding diaryl/α,β-unsaturated/α-hetero) is 1. The summed E-state index contributed by atoms with van der Waals surface area (Å²) in [5.74, 6) is -0.396. The molecule has 2 heterocycles. The first-order valence-corrected chi connectivity index (χ1v) is 11.0. The second-order valence-electron chi connectivity index (χ2n) is 9.27. The number of aromatic amines is 1. The van der Waals surface area contributed by atoms with Crippen LogP contribution >= 0.6 is 0 Å². The molecule has 2 saturated carbocycles. The second kappa shape index (κ2) is 7.02. The van der Waals surface area contributed by atoms with Gasteiger partial charge in [0.05, 0.1) is 22.9 Å². The minimum Gasteiger partial charge on any atom is -0.356 e. The monoisotopic (exact) mass is 430 g/mol. The van der Waals surface area contributed by atoms with Gasteiger partial charge in [-0.05, 0) is 55.4 Å². The third-order valence-corrected chi connectivity index (χ3v) is 6.79. The zero-order chi connectivity index (χ0) is 21.9. The lowest BCUT2D eigenvalue weighted by molar-refractivity contribution is -0.117. The number of para-hydroxylation sites is 1. The number of nitrogens with zero attached hydrogens (tertiary/aromatic N) is 1. The van der Waals surface area contributed by atoms with E-state index in [1.165, 1.54) is 0 Å². The van der Waals surface area contributed by atoms with Gasteiger partial charge in [-0.3, -0.25) is 9.59 Å². The number of carbonyl (C=O) groups excluding carboxylic acids is 2. The van der Waals surface area contributed by atoms with E-state index in [-0.39, 0.29) is 23.5 Å². The van der Waals surface area contributed by atoms with Crippen molar-refractivity contribution in [2.75, 3.05) is 10.6 Å².